The molecule has 0 aliphatic carbocycles. The van der Waals surface area contributed by atoms with E-state index in [1.807, 2.05) is 6.92 Å². The molecule has 0 aromatic rings. The van der Waals surface area contributed by atoms with Crippen molar-refractivity contribution in [2.75, 3.05) is 13.7 Å². The molecule has 0 aromatic heterocycles. The van der Waals surface area contributed by atoms with Crippen LogP contribution in [0.15, 0.2) is 0 Å². The predicted octanol–water partition coefficient (Wildman–Crippen LogP) is 0.416. The number of amides is 1. The zero-order chi connectivity index (χ0) is 6.57. The van der Waals surface area contributed by atoms with Crippen LogP contribution in [-0.4, -0.2) is 24.6 Å². The van der Waals surface area contributed by atoms with Gasteiger partial charge in [0.05, 0.1) is 6.61 Å². The normalized spacial score (nSPS) is 8.88. The van der Waals surface area contributed by atoms with Gasteiger partial charge in [-0.25, -0.2) is 5.06 Å². The van der Waals surface area contributed by atoms with Gasteiger partial charge < -0.3 is 0 Å². The molecule has 8 heavy (non-hydrogen) atoms. The molecular weight excluding hydrogens is 106 g/mol. The van der Waals surface area contributed by atoms with Crippen molar-refractivity contribution < 1.29 is 9.63 Å². The fourth-order valence-corrected chi connectivity index (χ4v) is 0.285. The second-order valence-corrected chi connectivity index (χ2v) is 1.43. The molecule has 0 saturated heterocycles. The Morgan fingerprint density at radius 3 is 2.38 bits per heavy atom. The van der Waals surface area contributed by atoms with Gasteiger partial charge in [0.25, 0.3) is 0 Å². The largest absolute Gasteiger partial charge is 0.273 e. The van der Waals surface area contributed by atoms with Crippen molar-refractivity contribution >= 4 is 5.91 Å². The molecule has 0 bridgehead atoms. The van der Waals surface area contributed by atoms with E-state index in [4.69, 9.17) is 4.84 Å². The second kappa shape index (κ2) is 3.43. The highest BCUT2D eigenvalue weighted by Crippen LogP contribution is 1.82. The van der Waals surface area contributed by atoms with Crippen LogP contribution in [0.3, 0.4) is 0 Å². The van der Waals surface area contributed by atoms with Crippen LogP contribution in [0.25, 0.3) is 0 Å². The van der Waals surface area contributed by atoms with E-state index in [9.17, 15) is 4.79 Å². The fourth-order valence-electron chi connectivity index (χ4n) is 0.285. The van der Waals surface area contributed by atoms with Crippen LogP contribution in [0.2, 0.25) is 0 Å². The molecule has 0 unspecified atom stereocenters. The summed E-state index contributed by atoms with van der Waals surface area (Å²) in [6, 6.07) is 0. The summed E-state index contributed by atoms with van der Waals surface area (Å²) < 4.78 is 0. The molecule has 3 heteroatoms. The minimum atomic E-state index is -0.0770. The minimum absolute atomic E-state index is 0.0770. The number of hydrogen-bond donors (Lipinski definition) is 0. The molecule has 3 nitrogen and oxygen atoms in total. The number of carbonyl (C=O) groups excluding carboxylic acids is 1. The lowest BCUT2D eigenvalue weighted by Crippen LogP contribution is -2.23. The maximum atomic E-state index is 10.3. The zero-order valence-corrected chi connectivity index (χ0v) is 5.47. The van der Waals surface area contributed by atoms with Gasteiger partial charge in [0.2, 0.25) is 5.91 Å². The van der Waals surface area contributed by atoms with Crippen molar-refractivity contribution in [2.45, 2.75) is 13.8 Å². The van der Waals surface area contributed by atoms with Crippen LogP contribution in [0.1, 0.15) is 13.8 Å². The van der Waals surface area contributed by atoms with Crippen molar-refractivity contribution in [3.63, 3.8) is 0 Å². The summed E-state index contributed by atoms with van der Waals surface area (Å²) >= 11 is 0. The first kappa shape index (κ1) is 7.43. The van der Waals surface area contributed by atoms with E-state index >= 15 is 0 Å². The Bertz CT molecular complexity index is 82.5. The number of carbonyl (C=O) groups is 1. The van der Waals surface area contributed by atoms with Gasteiger partial charge >= 0.3 is 0 Å². The summed E-state index contributed by atoms with van der Waals surface area (Å²) in [5.74, 6) is -0.0770. The van der Waals surface area contributed by atoms with Gasteiger partial charge in [-0.3, -0.25) is 9.63 Å². The maximum Gasteiger partial charge on any atom is 0.242 e. The molecule has 0 aromatic carbocycles. The van der Waals surface area contributed by atoms with Gasteiger partial charge in [-0.05, 0) is 6.92 Å². The average Bonchev–Trinajstić information content (AvgIpc) is 1.67. The predicted molar refractivity (Wildman–Crippen MR) is 30.1 cm³/mol. The van der Waals surface area contributed by atoms with Gasteiger partial charge in [0.1, 0.15) is 0 Å². The Morgan fingerprint density at radius 1 is 1.75 bits per heavy atom. The molecule has 0 rings (SSSR count). The van der Waals surface area contributed by atoms with E-state index in [2.05, 4.69) is 0 Å². The summed E-state index contributed by atoms with van der Waals surface area (Å²) in [6.07, 6.45) is 0. The van der Waals surface area contributed by atoms with Crippen LogP contribution in [0.5, 0.6) is 0 Å². The molecule has 0 saturated carbocycles. The summed E-state index contributed by atoms with van der Waals surface area (Å²) in [6.45, 7) is 3.82. The molecule has 0 heterocycles. The molecule has 0 aliphatic heterocycles. The summed E-state index contributed by atoms with van der Waals surface area (Å²) in [7, 11) is 1.59. The van der Waals surface area contributed by atoms with Crippen LogP contribution in [0, 0.1) is 0 Å². The Kier molecular flexibility index (Phi) is 3.19. The lowest BCUT2D eigenvalue weighted by molar-refractivity contribution is -0.173. The first-order chi connectivity index (χ1) is 3.68. The number of rotatable bonds is 2. The first-order valence-electron chi connectivity index (χ1n) is 2.55. The highest BCUT2D eigenvalue weighted by atomic mass is 16.7. The van der Waals surface area contributed by atoms with Gasteiger partial charge in [-0.15, -0.1) is 0 Å². The molecule has 0 fully saturated rings. The zero-order valence-electron chi connectivity index (χ0n) is 5.47. The van der Waals surface area contributed by atoms with Gasteiger partial charge in [-0.1, -0.05) is 0 Å². The van der Waals surface area contributed by atoms with E-state index in [1.54, 1.807) is 7.05 Å². The number of hydroxylamine groups is 2. The molecule has 0 radical (unpaired) electrons. The molecule has 0 N–H and O–H groups in total. The third kappa shape index (κ3) is 2.58. The SMILES string of the molecule is CCON(C)C(C)=O. The minimum Gasteiger partial charge on any atom is -0.273 e. The molecule has 0 aliphatic rings. The molecular formula is C5H11NO2. The summed E-state index contributed by atoms with van der Waals surface area (Å²) in [5, 5.41) is 1.21. The Labute approximate surface area is 49.2 Å². The Hall–Kier alpha value is -0.570. The standard InChI is InChI=1S/C5H11NO2/c1-4-8-6(3)5(2)7/h4H2,1-3H3. The van der Waals surface area contributed by atoms with Gasteiger partial charge in [0.15, 0.2) is 0 Å². The van der Waals surface area contributed by atoms with Crippen molar-refractivity contribution in [3.05, 3.63) is 0 Å². The lowest BCUT2D eigenvalue weighted by Gasteiger charge is -2.11. The summed E-state index contributed by atoms with van der Waals surface area (Å²) in [5.41, 5.74) is 0. The van der Waals surface area contributed by atoms with E-state index in [1.165, 1.54) is 12.0 Å². The average molecular weight is 117 g/mol. The lowest BCUT2D eigenvalue weighted by atomic mass is 10.7. The molecule has 1 amide bonds. The monoisotopic (exact) mass is 117 g/mol. The van der Waals surface area contributed by atoms with Crippen molar-refractivity contribution in [2.24, 2.45) is 0 Å². The Balaban J connectivity index is 3.32. The van der Waals surface area contributed by atoms with E-state index in [-0.39, 0.29) is 5.91 Å². The topological polar surface area (TPSA) is 29.5 Å². The van der Waals surface area contributed by atoms with Crippen LogP contribution in [-0.2, 0) is 9.63 Å². The highest BCUT2D eigenvalue weighted by Gasteiger charge is 1.97. The van der Waals surface area contributed by atoms with Crippen molar-refractivity contribution in [1.82, 2.24) is 5.06 Å². The first-order valence-corrected chi connectivity index (χ1v) is 2.55. The third-order valence-electron chi connectivity index (χ3n) is 0.766. The van der Waals surface area contributed by atoms with Crippen LogP contribution in [0.4, 0.5) is 0 Å². The number of hydrogen-bond acceptors (Lipinski definition) is 2. The number of nitrogens with zero attached hydrogens (tertiary/aromatic N) is 1. The quantitative estimate of drug-likeness (QED) is 0.490. The third-order valence-corrected chi connectivity index (χ3v) is 0.766. The van der Waals surface area contributed by atoms with Gasteiger partial charge in [-0.2, -0.15) is 0 Å². The summed E-state index contributed by atoms with van der Waals surface area (Å²) in [4.78, 5) is 15.1. The maximum absolute atomic E-state index is 10.3. The van der Waals surface area contributed by atoms with Crippen molar-refractivity contribution in [1.29, 1.82) is 0 Å². The van der Waals surface area contributed by atoms with E-state index in [0.717, 1.165) is 0 Å². The van der Waals surface area contributed by atoms with Crippen molar-refractivity contribution in [3.8, 4) is 0 Å². The molecule has 0 atom stereocenters. The van der Waals surface area contributed by atoms with Crippen LogP contribution >= 0.6 is 0 Å². The smallest absolute Gasteiger partial charge is 0.242 e. The van der Waals surface area contributed by atoms with Crippen LogP contribution < -0.4 is 0 Å². The van der Waals surface area contributed by atoms with E-state index < -0.39 is 0 Å². The van der Waals surface area contributed by atoms with E-state index in [0.29, 0.717) is 6.61 Å². The fraction of sp³-hybridized carbons (Fsp3) is 0.800. The Morgan fingerprint density at radius 2 is 2.25 bits per heavy atom. The van der Waals surface area contributed by atoms with Gasteiger partial charge in [0, 0.05) is 14.0 Å². The molecule has 0 spiro atoms. The second-order valence-electron chi connectivity index (χ2n) is 1.43. The highest BCUT2D eigenvalue weighted by molar-refractivity contribution is 5.71. The molecule has 48 valence electrons.